The molecule has 0 unspecified atom stereocenters. The lowest BCUT2D eigenvalue weighted by atomic mass is 10.1. The molecule has 0 saturated heterocycles. The van der Waals surface area contributed by atoms with Crippen LogP contribution in [0.4, 0.5) is 0 Å². The van der Waals surface area contributed by atoms with E-state index in [1.54, 1.807) is 19.2 Å². The van der Waals surface area contributed by atoms with E-state index in [1.807, 2.05) is 0 Å². The Morgan fingerprint density at radius 1 is 1.40 bits per heavy atom. The normalized spacial score (nSPS) is 10.6. The first-order chi connectivity index (χ1) is 14.5. The van der Waals surface area contributed by atoms with Crippen molar-refractivity contribution in [1.29, 1.82) is 5.26 Å². The van der Waals surface area contributed by atoms with Gasteiger partial charge in [-0.2, -0.15) is 5.26 Å². The minimum Gasteiger partial charge on any atom is -0.493 e. The Bertz CT molecular complexity index is 1130. The summed E-state index contributed by atoms with van der Waals surface area (Å²) in [6, 6.07) is 5.33. The Balaban J connectivity index is 2.19. The predicted octanol–water partition coefficient (Wildman–Crippen LogP) is 2.37. The van der Waals surface area contributed by atoms with Crippen LogP contribution in [0.5, 0.6) is 11.5 Å². The number of carbonyl (C=O) groups is 1. The third-order valence-electron chi connectivity index (χ3n) is 4.10. The molecule has 0 fully saturated rings. The SMILES string of the molecule is CNC(=O)CSc1nc(-c2cc(OCCO)c(OC)cc2Cl)c2c(C#N)c[nH]c2n1. The van der Waals surface area contributed by atoms with Gasteiger partial charge in [0.05, 0.1) is 41.1 Å². The molecule has 0 aliphatic carbocycles. The first-order valence-electron chi connectivity index (χ1n) is 8.76. The highest BCUT2D eigenvalue weighted by Crippen LogP contribution is 2.41. The molecule has 1 amide bonds. The van der Waals surface area contributed by atoms with Gasteiger partial charge in [-0.05, 0) is 6.07 Å². The van der Waals surface area contributed by atoms with E-state index < -0.39 is 0 Å². The summed E-state index contributed by atoms with van der Waals surface area (Å²) in [6.45, 7) is -0.104. The molecular formula is C19H18ClN5O4S. The van der Waals surface area contributed by atoms with Crippen molar-refractivity contribution < 1.29 is 19.4 Å². The number of carbonyl (C=O) groups excluding carboxylic acids is 1. The van der Waals surface area contributed by atoms with Gasteiger partial charge < -0.3 is 24.9 Å². The van der Waals surface area contributed by atoms with E-state index in [-0.39, 0.29) is 24.9 Å². The molecule has 2 aromatic heterocycles. The van der Waals surface area contributed by atoms with E-state index in [9.17, 15) is 10.1 Å². The lowest BCUT2D eigenvalue weighted by Gasteiger charge is -2.14. The molecule has 3 aromatic rings. The van der Waals surface area contributed by atoms with Crippen LogP contribution in [-0.2, 0) is 4.79 Å². The molecular weight excluding hydrogens is 430 g/mol. The second kappa shape index (κ2) is 9.67. The third kappa shape index (κ3) is 4.43. The summed E-state index contributed by atoms with van der Waals surface area (Å²) in [6.07, 6.45) is 1.54. The first kappa shape index (κ1) is 21.7. The standard InChI is InChI=1S/C19H18ClN5O4S/c1-22-15(27)9-30-19-24-17(16-10(7-21)8-23-18(16)25-19)11-5-14(29-4-3-26)13(28-2)6-12(11)20/h5-6,8,26H,3-4,9H2,1-2H3,(H,22,27)(H,23,24,25). The van der Waals surface area contributed by atoms with E-state index in [1.165, 1.54) is 13.3 Å². The smallest absolute Gasteiger partial charge is 0.230 e. The summed E-state index contributed by atoms with van der Waals surface area (Å²) in [4.78, 5) is 23.5. The van der Waals surface area contributed by atoms with Gasteiger partial charge in [0.1, 0.15) is 18.3 Å². The average molecular weight is 448 g/mol. The molecule has 0 saturated carbocycles. The Kier molecular flexibility index (Phi) is 6.99. The molecule has 3 rings (SSSR count). The quantitative estimate of drug-likeness (QED) is 0.354. The van der Waals surface area contributed by atoms with Gasteiger partial charge in [0.2, 0.25) is 5.91 Å². The van der Waals surface area contributed by atoms with E-state index in [0.717, 1.165) is 11.8 Å². The molecule has 0 radical (unpaired) electrons. The largest absolute Gasteiger partial charge is 0.493 e. The zero-order valence-electron chi connectivity index (χ0n) is 16.2. The maximum absolute atomic E-state index is 11.6. The average Bonchev–Trinajstić information content (AvgIpc) is 3.18. The van der Waals surface area contributed by atoms with Crippen LogP contribution < -0.4 is 14.8 Å². The number of aliphatic hydroxyl groups excluding tert-OH is 1. The highest BCUT2D eigenvalue weighted by Gasteiger charge is 2.20. The number of nitrogens with zero attached hydrogens (tertiary/aromatic N) is 3. The number of H-pyrrole nitrogens is 1. The summed E-state index contributed by atoms with van der Waals surface area (Å²) >= 11 is 7.66. The van der Waals surface area contributed by atoms with E-state index >= 15 is 0 Å². The van der Waals surface area contributed by atoms with E-state index in [2.05, 4.69) is 26.3 Å². The molecule has 0 aliphatic rings. The van der Waals surface area contributed by atoms with Crippen LogP contribution in [0.2, 0.25) is 5.02 Å². The summed E-state index contributed by atoms with van der Waals surface area (Å²) < 4.78 is 10.9. The summed E-state index contributed by atoms with van der Waals surface area (Å²) in [5.41, 5.74) is 1.71. The number of aliphatic hydroxyl groups is 1. The molecule has 0 bridgehead atoms. The highest BCUT2D eigenvalue weighted by molar-refractivity contribution is 7.99. The van der Waals surface area contributed by atoms with Crippen molar-refractivity contribution in [3.05, 3.63) is 28.9 Å². The maximum atomic E-state index is 11.6. The fraction of sp³-hybridized carbons (Fsp3) is 0.263. The topological polar surface area (TPSA) is 133 Å². The molecule has 0 aliphatic heterocycles. The van der Waals surface area contributed by atoms with Crippen LogP contribution in [0.15, 0.2) is 23.5 Å². The molecule has 11 heteroatoms. The van der Waals surface area contributed by atoms with Gasteiger partial charge >= 0.3 is 0 Å². The minimum absolute atomic E-state index is 0.0669. The lowest BCUT2D eigenvalue weighted by molar-refractivity contribution is -0.118. The van der Waals surface area contributed by atoms with Crippen LogP contribution >= 0.6 is 23.4 Å². The minimum atomic E-state index is -0.171. The van der Waals surface area contributed by atoms with Gasteiger partial charge in [0.15, 0.2) is 16.7 Å². The van der Waals surface area contributed by atoms with Crippen LogP contribution in [0.1, 0.15) is 5.56 Å². The molecule has 9 nitrogen and oxygen atoms in total. The van der Waals surface area contributed by atoms with Gasteiger partial charge in [-0.1, -0.05) is 23.4 Å². The van der Waals surface area contributed by atoms with E-state index in [4.69, 9.17) is 26.2 Å². The van der Waals surface area contributed by atoms with Crippen LogP contribution in [-0.4, -0.2) is 59.1 Å². The van der Waals surface area contributed by atoms with Gasteiger partial charge in [0.25, 0.3) is 0 Å². The first-order valence-corrected chi connectivity index (χ1v) is 10.1. The molecule has 0 spiro atoms. The summed E-state index contributed by atoms with van der Waals surface area (Å²) in [7, 11) is 3.03. The number of methoxy groups -OCH3 is 1. The number of amides is 1. The van der Waals surface area contributed by atoms with Crippen molar-refractivity contribution in [2.24, 2.45) is 0 Å². The van der Waals surface area contributed by atoms with Gasteiger partial charge in [0, 0.05) is 24.9 Å². The maximum Gasteiger partial charge on any atom is 0.230 e. The van der Waals surface area contributed by atoms with Crippen molar-refractivity contribution in [3.63, 3.8) is 0 Å². The number of ether oxygens (including phenoxy) is 2. The number of thioether (sulfide) groups is 1. The molecule has 3 N–H and O–H groups in total. The number of fused-ring (bicyclic) bond motifs is 1. The number of halogens is 1. The Hall–Kier alpha value is -3.00. The number of hydrogen-bond acceptors (Lipinski definition) is 8. The lowest BCUT2D eigenvalue weighted by Crippen LogP contribution is -2.19. The van der Waals surface area contributed by atoms with Gasteiger partial charge in [-0.15, -0.1) is 0 Å². The zero-order chi connectivity index (χ0) is 21.7. The number of nitrogens with one attached hydrogen (secondary N) is 2. The van der Waals surface area contributed by atoms with Crippen molar-refractivity contribution in [2.75, 3.05) is 33.1 Å². The van der Waals surface area contributed by atoms with Gasteiger partial charge in [-0.3, -0.25) is 4.79 Å². The number of rotatable bonds is 8. The predicted molar refractivity (Wildman–Crippen MR) is 113 cm³/mol. The Labute approximate surface area is 181 Å². The molecule has 156 valence electrons. The second-order valence-electron chi connectivity index (χ2n) is 5.91. The molecule has 30 heavy (non-hydrogen) atoms. The fourth-order valence-corrected chi connectivity index (χ4v) is 3.67. The monoisotopic (exact) mass is 447 g/mol. The van der Waals surface area contributed by atoms with Crippen LogP contribution in [0, 0.1) is 11.3 Å². The van der Waals surface area contributed by atoms with Crippen molar-refractivity contribution in [2.45, 2.75) is 5.16 Å². The number of nitriles is 1. The number of benzene rings is 1. The number of aromatic amines is 1. The number of hydrogen-bond donors (Lipinski definition) is 3. The van der Waals surface area contributed by atoms with E-state index in [0.29, 0.717) is 49.5 Å². The summed E-state index contributed by atoms with van der Waals surface area (Å²) in [5, 5.41) is 22.3. The molecule has 2 heterocycles. The second-order valence-corrected chi connectivity index (χ2v) is 7.26. The number of aromatic nitrogens is 3. The molecule has 0 atom stereocenters. The van der Waals surface area contributed by atoms with Crippen molar-refractivity contribution >= 4 is 40.3 Å². The van der Waals surface area contributed by atoms with Crippen molar-refractivity contribution in [1.82, 2.24) is 20.3 Å². The molecule has 1 aromatic carbocycles. The van der Waals surface area contributed by atoms with Crippen LogP contribution in [0.3, 0.4) is 0 Å². The van der Waals surface area contributed by atoms with Crippen LogP contribution in [0.25, 0.3) is 22.3 Å². The Morgan fingerprint density at radius 2 is 2.20 bits per heavy atom. The van der Waals surface area contributed by atoms with Gasteiger partial charge in [-0.25, -0.2) is 9.97 Å². The van der Waals surface area contributed by atoms with Crippen molar-refractivity contribution in [3.8, 4) is 28.8 Å². The third-order valence-corrected chi connectivity index (χ3v) is 5.26. The summed E-state index contributed by atoms with van der Waals surface area (Å²) in [5.74, 6) is 0.725. The highest BCUT2D eigenvalue weighted by atomic mass is 35.5. The zero-order valence-corrected chi connectivity index (χ0v) is 17.7. The Morgan fingerprint density at radius 3 is 2.87 bits per heavy atom. The fourth-order valence-electron chi connectivity index (χ4n) is 2.71.